The summed E-state index contributed by atoms with van der Waals surface area (Å²) < 4.78 is 1.97. The van der Waals surface area contributed by atoms with Gasteiger partial charge in [-0.15, -0.1) is 0 Å². The maximum absolute atomic E-state index is 12.5. The zero-order valence-corrected chi connectivity index (χ0v) is 32.9. The molecule has 0 saturated carbocycles. The van der Waals surface area contributed by atoms with Gasteiger partial charge >= 0.3 is 0 Å². The minimum absolute atomic E-state index is 0.134. The molecule has 2 saturated heterocycles. The number of nitrogens with one attached hydrogen (secondary N) is 3. The summed E-state index contributed by atoms with van der Waals surface area (Å²) in [5, 5.41) is 15.4. The number of fused-ring (bicyclic) bond motifs is 3. The summed E-state index contributed by atoms with van der Waals surface area (Å²) in [6.45, 7) is 15.3. The van der Waals surface area contributed by atoms with Gasteiger partial charge in [-0.2, -0.15) is 10.1 Å². The quantitative estimate of drug-likeness (QED) is 0.137. The molecule has 3 N–H and O–H groups in total. The van der Waals surface area contributed by atoms with Gasteiger partial charge in [-0.3, -0.25) is 24.7 Å². The van der Waals surface area contributed by atoms with E-state index in [0.717, 1.165) is 80.5 Å². The van der Waals surface area contributed by atoms with Gasteiger partial charge in [-0.1, -0.05) is 30.3 Å². The molecule has 2 amide bonds. The number of carbonyl (C=O) groups is 2. The lowest BCUT2D eigenvalue weighted by atomic mass is 9.93. The number of benzene rings is 3. The van der Waals surface area contributed by atoms with Crippen molar-refractivity contribution < 1.29 is 9.59 Å². The molecule has 9 rings (SSSR count). The Morgan fingerprint density at radius 2 is 1.61 bits per heavy atom. The Bertz CT molecular complexity index is 2290. The molecule has 2 fully saturated rings. The molecular formula is C44H52N10O2. The maximum atomic E-state index is 12.5. The van der Waals surface area contributed by atoms with Crippen molar-refractivity contribution in [3.63, 3.8) is 0 Å². The zero-order valence-electron chi connectivity index (χ0n) is 32.9. The molecule has 5 aromatic rings. The summed E-state index contributed by atoms with van der Waals surface area (Å²) in [5.74, 6) is 1.69. The van der Waals surface area contributed by atoms with Gasteiger partial charge in [0.2, 0.25) is 17.8 Å². The first-order valence-corrected chi connectivity index (χ1v) is 20.3. The molecule has 1 unspecified atom stereocenters. The van der Waals surface area contributed by atoms with E-state index in [1.54, 1.807) is 0 Å². The minimum Gasteiger partial charge on any atom is -0.372 e. The first-order chi connectivity index (χ1) is 27.1. The first-order valence-electron chi connectivity index (χ1n) is 20.3. The van der Waals surface area contributed by atoms with Crippen LogP contribution in [-0.4, -0.2) is 73.6 Å². The third kappa shape index (κ3) is 7.23. The topological polar surface area (TPSA) is 124 Å². The van der Waals surface area contributed by atoms with Crippen LogP contribution < -0.4 is 20.9 Å². The Morgan fingerprint density at radius 3 is 2.39 bits per heavy atom. The van der Waals surface area contributed by atoms with Crippen molar-refractivity contribution in [2.45, 2.75) is 91.5 Å². The summed E-state index contributed by atoms with van der Waals surface area (Å²) in [6.07, 6.45) is 6.32. The highest BCUT2D eigenvalue weighted by Crippen LogP contribution is 2.34. The lowest BCUT2D eigenvalue weighted by Gasteiger charge is -2.37. The average Bonchev–Trinajstić information content (AvgIpc) is 3.77. The average molecular weight is 753 g/mol. The lowest BCUT2D eigenvalue weighted by Crippen LogP contribution is -2.50. The van der Waals surface area contributed by atoms with Crippen LogP contribution in [0.25, 0.3) is 11.0 Å². The Balaban J connectivity index is 0.813. The fourth-order valence-corrected chi connectivity index (χ4v) is 9.14. The van der Waals surface area contributed by atoms with Crippen LogP contribution >= 0.6 is 0 Å². The molecule has 1 atom stereocenters. The van der Waals surface area contributed by atoms with Crippen LogP contribution in [0.5, 0.6) is 0 Å². The van der Waals surface area contributed by atoms with Gasteiger partial charge in [0.1, 0.15) is 0 Å². The summed E-state index contributed by atoms with van der Waals surface area (Å²) in [4.78, 5) is 41.3. The van der Waals surface area contributed by atoms with Gasteiger partial charge < -0.3 is 15.5 Å². The molecule has 3 aromatic carbocycles. The van der Waals surface area contributed by atoms with Crippen molar-refractivity contribution in [1.82, 2.24) is 34.9 Å². The number of amides is 2. The predicted octanol–water partition coefficient (Wildman–Crippen LogP) is 6.91. The van der Waals surface area contributed by atoms with Crippen molar-refractivity contribution in [1.29, 1.82) is 0 Å². The lowest BCUT2D eigenvalue weighted by molar-refractivity contribution is -0.137. The molecule has 0 radical (unpaired) electrons. The maximum Gasteiger partial charge on any atom is 0.243 e. The van der Waals surface area contributed by atoms with Crippen molar-refractivity contribution in [3.8, 4) is 0 Å². The largest absolute Gasteiger partial charge is 0.372 e. The SMILES string of the molecule is Cc1cccc(C)c1Nc1nn(C(C)C)c2nc(Nc3ccc4c(c3)CN(CC3CCN(c5ccc6c(c5)CN(C5CCC(=O)NC5=O)C6)CC3)CC4)ncc12. The summed E-state index contributed by atoms with van der Waals surface area (Å²) in [7, 11) is 0. The van der Waals surface area contributed by atoms with E-state index in [1.165, 1.54) is 51.9 Å². The molecular weight excluding hydrogens is 701 g/mol. The summed E-state index contributed by atoms with van der Waals surface area (Å²) in [6, 6.07) is 19.7. The van der Waals surface area contributed by atoms with E-state index >= 15 is 0 Å². The van der Waals surface area contributed by atoms with Gasteiger partial charge in [0, 0.05) is 81.5 Å². The number of rotatable bonds is 9. The number of piperidine rings is 2. The number of anilines is 5. The van der Waals surface area contributed by atoms with Crippen LogP contribution in [0.2, 0.25) is 0 Å². The van der Waals surface area contributed by atoms with E-state index < -0.39 is 0 Å². The number of carbonyl (C=O) groups excluding carboxylic acids is 2. The van der Waals surface area contributed by atoms with E-state index in [1.807, 2.05) is 10.9 Å². The standard InChI is InChI=1S/C44H52N10O2/c1-27(2)54-42-37(41(50-54)48-40-28(3)6-5-7-29(40)4)22-45-44(49-42)46-35-10-8-31-16-17-51(24-33(31)20-35)23-30-14-18-52(19-15-30)36-11-9-32-25-53(26-34(32)21-36)38-12-13-39(55)47-43(38)56/h5-11,20-22,27,30,38H,12-19,23-26H2,1-4H3,(H,48,50)(H,45,46,49)(H,47,55,56). The van der Waals surface area contributed by atoms with Crippen molar-refractivity contribution in [2.75, 3.05) is 41.7 Å². The molecule has 2 aromatic heterocycles. The van der Waals surface area contributed by atoms with Crippen LogP contribution in [0.3, 0.4) is 0 Å². The number of aromatic nitrogens is 4. The van der Waals surface area contributed by atoms with Crippen LogP contribution in [-0.2, 0) is 35.6 Å². The number of hydrogen-bond acceptors (Lipinski definition) is 10. The molecule has 12 heteroatoms. The fraction of sp³-hybridized carbons (Fsp3) is 0.432. The highest BCUT2D eigenvalue weighted by molar-refractivity contribution is 6.00. The predicted molar refractivity (Wildman–Crippen MR) is 220 cm³/mol. The molecule has 56 heavy (non-hydrogen) atoms. The molecule has 12 nitrogen and oxygen atoms in total. The normalized spacial score (nSPS) is 19.4. The van der Waals surface area contributed by atoms with E-state index in [4.69, 9.17) is 15.1 Å². The van der Waals surface area contributed by atoms with Crippen molar-refractivity contribution >= 4 is 51.7 Å². The van der Waals surface area contributed by atoms with Crippen LogP contribution in [0, 0.1) is 19.8 Å². The highest BCUT2D eigenvalue weighted by atomic mass is 16.2. The first kappa shape index (κ1) is 36.3. The third-order valence-corrected chi connectivity index (χ3v) is 12.3. The third-order valence-electron chi connectivity index (χ3n) is 12.3. The molecule has 0 aliphatic carbocycles. The highest BCUT2D eigenvalue weighted by Gasteiger charge is 2.35. The monoisotopic (exact) mass is 752 g/mol. The van der Waals surface area contributed by atoms with Crippen LogP contribution in [0.4, 0.5) is 28.8 Å². The van der Waals surface area contributed by atoms with E-state index in [-0.39, 0.29) is 23.9 Å². The Hall–Kier alpha value is -5.33. The number of hydrogen-bond donors (Lipinski definition) is 3. The minimum atomic E-state index is -0.222. The van der Waals surface area contributed by atoms with Gasteiger partial charge in [0.25, 0.3) is 0 Å². The molecule has 0 spiro atoms. The number of aryl methyl sites for hydroxylation is 2. The second-order valence-electron chi connectivity index (χ2n) is 16.6. The fourth-order valence-electron chi connectivity index (χ4n) is 9.14. The molecule has 0 bridgehead atoms. The Morgan fingerprint density at radius 1 is 0.839 bits per heavy atom. The summed E-state index contributed by atoms with van der Waals surface area (Å²) in [5.41, 5.74) is 11.9. The molecule has 4 aliphatic heterocycles. The van der Waals surface area contributed by atoms with Gasteiger partial charge in [0.05, 0.1) is 11.4 Å². The summed E-state index contributed by atoms with van der Waals surface area (Å²) >= 11 is 0. The molecule has 290 valence electrons. The van der Waals surface area contributed by atoms with Gasteiger partial charge in [-0.05, 0) is 117 Å². The van der Waals surface area contributed by atoms with Gasteiger partial charge in [0.15, 0.2) is 11.5 Å². The second kappa shape index (κ2) is 15.0. The van der Waals surface area contributed by atoms with E-state index in [0.29, 0.717) is 24.7 Å². The smallest absolute Gasteiger partial charge is 0.243 e. The van der Waals surface area contributed by atoms with E-state index in [2.05, 4.69) is 113 Å². The van der Waals surface area contributed by atoms with Crippen LogP contribution in [0.15, 0.2) is 60.8 Å². The number of para-hydroxylation sites is 1. The van der Waals surface area contributed by atoms with Crippen LogP contribution in [0.1, 0.15) is 79.0 Å². The Labute approximate surface area is 328 Å². The van der Waals surface area contributed by atoms with Crippen molar-refractivity contribution in [3.05, 3.63) is 94.2 Å². The second-order valence-corrected chi connectivity index (χ2v) is 16.6. The molecule has 4 aliphatic rings. The van der Waals surface area contributed by atoms with Crippen molar-refractivity contribution in [2.24, 2.45) is 5.92 Å². The number of imide groups is 1. The van der Waals surface area contributed by atoms with Gasteiger partial charge in [-0.25, -0.2) is 9.67 Å². The Kier molecular flexibility index (Phi) is 9.70. The van der Waals surface area contributed by atoms with E-state index in [9.17, 15) is 9.59 Å². The zero-order chi connectivity index (χ0) is 38.5. The number of nitrogens with zero attached hydrogens (tertiary/aromatic N) is 7. The molecule has 6 heterocycles.